The highest BCUT2D eigenvalue weighted by atomic mass is 19.1. The molecule has 6 nitrogen and oxygen atoms in total. The fraction of sp³-hybridized carbons (Fsp3) is 0.632. The molecule has 6 atom stereocenters. The van der Waals surface area contributed by atoms with Crippen LogP contribution in [0.2, 0.25) is 0 Å². The standard InChI is InChI=1S/C19H20FN3O3/c20-11-3-4-13(21-7-11)17(24)23-8-9-5-12-15(26-18(25)10-1-2-10)16(23)19(12)14(6-9)22-19/h3-4,7,9-10,12,14-16,22H,1-2,5-6,8H2/t9-,12?,14+,15-,16-,19+/m1/s1. The molecule has 1 aromatic heterocycles. The third-order valence-electron chi connectivity index (χ3n) is 7.05. The number of pyridine rings is 1. The van der Waals surface area contributed by atoms with Gasteiger partial charge in [-0.25, -0.2) is 9.37 Å². The average molecular weight is 357 g/mol. The Morgan fingerprint density at radius 3 is 2.88 bits per heavy atom. The number of aromatic nitrogens is 1. The largest absolute Gasteiger partial charge is 0.460 e. The van der Waals surface area contributed by atoms with Crippen molar-refractivity contribution in [2.45, 2.75) is 49.4 Å². The molecule has 1 aromatic rings. The van der Waals surface area contributed by atoms with Gasteiger partial charge in [0.25, 0.3) is 5.91 Å². The fourth-order valence-electron chi connectivity index (χ4n) is 5.68. The van der Waals surface area contributed by atoms with Crippen LogP contribution >= 0.6 is 0 Å². The number of nitrogens with one attached hydrogen (secondary N) is 1. The van der Waals surface area contributed by atoms with E-state index in [0.717, 1.165) is 31.9 Å². The molecule has 136 valence electrons. The smallest absolute Gasteiger partial charge is 0.309 e. The number of ether oxygens (including phenoxy) is 1. The van der Waals surface area contributed by atoms with Crippen molar-refractivity contribution >= 4 is 11.9 Å². The molecule has 0 radical (unpaired) electrons. The van der Waals surface area contributed by atoms with Crippen LogP contribution in [0.4, 0.5) is 4.39 Å². The molecule has 4 saturated heterocycles. The van der Waals surface area contributed by atoms with E-state index in [1.165, 1.54) is 12.1 Å². The minimum atomic E-state index is -0.458. The van der Waals surface area contributed by atoms with E-state index in [9.17, 15) is 14.0 Å². The summed E-state index contributed by atoms with van der Waals surface area (Å²) >= 11 is 0. The Bertz CT molecular complexity index is 811. The highest BCUT2D eigenvalue weighted by Gasteiger charge is 2.81. The highest BCUT2D eigenvalue weighted by molar-refractivity contribution is 5.93. The van der Waals surface area contributed by atoms with Crippen molar-refractivity contribution in [3.8, 4) is 0 Å². The van der Waals surface area contributed by atoms with Crippen LogP contribution in [0.15, 0.2) is 18.3 Å². The molecule has 3 saturated carbocycles. The van der Waals surface area contributed by atoms with Gasteiger partial charge in [-0.15, -0.1) is 0 Å². The lowest BCUT2D eigenvalue weighted by Gasteiger charge is -2.54. The summed E-state index contributed by atoms with van der Waals surface area (Å²) in [4.78, 5) is 31.2. The van der Waals surface area contributed by atoms with Crippen molar-refractivity contribution in [2.24, 2.45) is 17.8 Å². The van der Waals surface area contributed by atoms with E-state index >= 15 is 0 Å². The monoisotopic (exact) mass is 357 g/mol. The fourth-order valence-corrected chi connectivity index (χ4v) is 5.68. The molecule has 3 aliphatic carbocycles. The van der Waals surface area contributed by atoms with Gasteiger partial charge >= 0.3 is 5.97 Å². The summed E-state index contributed by atoms with van der Waals surface area (Å²) in [6, 6.07) is 2.98. The van der Waals surface area contributed by atoms with Gasteiger partial charge in [0.15, 0.2) is 0 Å². The van der Waals surface area contributed by atoms with Crippen molar-refractivity contribution in [1.29, 1.82) is 0 Å². The average Bonchev–Trinajstić information content (AvgIpc) is 3.50. The predicted molar refractivity (Wildman–Crippen MR) is 87.5 cm³/mol. The van der Waals surface area contributed by atoms with E-state index in [4.69, 9.17) is 4.74 Å². The third kappa shape index (κ3) is 1.87. The van der Waals surface area contributed by atoms with Crippen molar-refractivity contribution in [3.63, 3.8) is 0 Å². The number of amides is 1. The number of hydrogen-bond acceptors (Lipinski definition) is 5. The first-order valence-electron chi connectivity index (χ1n) is 9.48. The number of rotatable bonds is 3. The van der Waals surface area contributed by atoms with Crippen LogP contribution in [-0.4, -0.2) is 52.0 Å². The van der Waals surface area contributed by atoms with Crippen LogP contribution in [0.25, 0.3) is 0 Å². The molecule has 4 aliphatic heterocycles. The summed E-state index contributed by atoms with van der Waals surface area (Å²) in [6.07, 6.45) is 4.73. The van der Waals surface area contributed by atoms with Crippen LogP contribution in [0.1, 0.15) is 36.2 Å². The van der Waals surface area contributed by atoms with Crippen molar-refractivity contribution in [2.75, 3.05) is 6.54 Å². The van der Waals surface area contributed by atoms with Gasteiger partial charge in [-0.1, -0.05) is 0 Å². The molecule has 8 rings (SSSR count). The first kappa shape index (κ1) is 15.1. The molecular weight excluding hydrogens is 337 g/mol. The minimum Gasteiger partial charge on any atom is -0.460 e. The van der Waals surface area contributed by atoms with Crippen LogP contribution in [0.5, 0.6) is 0 Å². The third-order valence-corrected chi connectivity index (χ3v) is 7.05. The SMILES string of the molecule is O=C(O[C@@H]1C2C[C@@H]3C[C@@H]4N[C@@]24[C@@H]1N(C(=O)c1ccc(F)cn1)C3)C1CC1. The first-order valence-corrected chi connectivity index (χ1v) is 9.48. The molecule has 7 aliphatic rings. The zero-order chi connectivity index (χ0) is 17.6. The second-order valence-electron chi connectivity index (χ2n) is 8.51. The molecule has 4 bridgehead atoms. The molecule has 5 heterocycles. The number of halogens is 1. The number of nitrogens with zero attached hydrogens (tertiary/aromatic N) is 2. The zero-order valence-corrected chi connectivity index (χ0v) is 14.2. The van der Waals surface area contributed by atoms with Gasteiger partial charge in [0.1, 0.15) is 17.6 Å². The maximum atomic E-state index is 13.2. The van der Waals surface area contributed by atoms with Crippen LogP contribution in [-0.2, 0) is 9.53 Å². The summed E-state index contributed by atoms with van der Waals surface area (Å²) in [5.74, 6) is 0.00757. The Morgan fingerprint density at radius 1 is 1.31 bits per heavy atom. The van der Waals surface area contributed by atoms with Crippen molar-refractivity contribution < 1.29 is 18.7 Å². The van der Waals surface area contributed by atoms with Crippen molar-refractivity contribution in [3.05, 3.63) is 29.8 Å². The van der Waals surface area contributed by atoms with Gasteiger partial charge in [0, 0.05) is 18.5 Å². The number of hydrogen-bond donors (Lipinski definition) is 1. The normalized spacial score (nSPS) is 41.7. The van der Waals surface area contributed by atoms with Crippen molar-refractivity contribution in [1.82, 2.24) is 15.2 Å². The predicted octanol–water partition coefficient (Wildman–Crippen LogP) is 1.12. The van der Waals surface area contributed by atoms with Gasteiger partial charge in [0.05, 0.1) is 23.7 Å². The summed E-state index contributed by atoms with van der Waals surface area (Å²) in [7, 11) is 0. The van der Waals surface area contributed by atoms with E-state index in [2.05, 4.69) is 10.3 Å². The quantitative estimate of drug-likeness (QED) is 0.648. The first-order chi connectivity index (χ1) is 12.6. The summed E-state index contributed by atoms with van der Waals surface area (Å²) in [5, 5.41) is 3.60. The Hall–Kier alpha value is -2.02. The topological polar surface area (TPSA) is 81.4 Å². The minimum absolute atomic E-state index is 0.0539. The zero-order valence-electron chi connectivity index (χ0n) is 14.2. The van der Waals surface area contributed by atoms with E-state index in [1.807, 2.05) is 4.90 Å². The molecule has 0 aromatic carbocycles. The lowest BCUT2D eigenvalue weighted by Crippen LogP contribution is -2.72. The maximum absolute atomic E-state index is 13.2. The maximum Gasteiger partial charge on any atom is 0.309 e. The van der Waals surface area contributed by atoms with Crippen LogP contribution < -0.4 is 5.32 Å². The van der Waals surface area contributed by atoms with E-state index in [0.29, 0.717) is 24.4 Å². The van der Waals surface area contributed by atoms with Gasteiger partial charge in [0.2, 0.25) is 0 Å². The number of carbonyl (C=O) groups excluding carboxylic acids is 2. The second-order valence-corrected chi connectivity index (χ2v) is 8.51. The molecule has 7 heteroatoms. The Balaban J connectivity index is 1.33. The number of carbonyl (C=O) groups is 2. The van der Waals surface area contributed by atoms with Gasteiger partial charge < -0.3 is 15.0 Å². The molecule has 26 heavy (non-hydrogen) atoms. The second kappa shape index (κ2) is 4.82. The molecule has 1 spiro atoms. The van der Waals surface area contributed by atoms with Crippen LogP contribution in [0.3, 0.4) is 0 Å². The Labute approximate surface area is 150 Å². The van der Waals surface area contributed by atoms with Gasteiger partial charge in [-0.3, -0.25) is 9.59 Å². The molecular formula is C19H20FN3O3. The van der Waals surface area contributed by atoms with Crippen LogP contribution in [0, 0.1) is 23.6 Å². The van der Waals surface area contributed by atoms with E-state index in [-0.39, 0.29) is 41.2 Å². The molecule has 7 fully saturated rings. The lowest BCUT2D eigenvalue weighted by molar-refractivity contribution is -0.173. The van der Waals surface area contributed by atoms with Gasteiger partial charge in [-0.2, -0.15) is 0 Å². The van der Waals surface area contributed by atoms with Gasteiger partial charge in [-0.05, 0) is 43.7 Å². The summed E-state index contributed by atoms with van der Waals surface area (Å²) < 4.78 is 19.1. The Morgan fingerprint density at radius 2 is 2.15 bits per heavy atom. The molecule has 1 amide bonds. The molecule has 1 N–H and O–H groups in total. The lowest BCUT2D eigenvalue weighted by atomic mass is 9.58. The van der Waals surface area contributed by atoms with E-state index in [1.54, 1.807) is 0 Å². The summed E-state index contributed by atoms with van der Waals surface area (Å²) in [5.41, 5.74) is 0.161. The summed E-state index contributed by atoms with van der Waals surface area (Å²) in [6.45, 7) is 0.663. The molecule has 1 unspecified atom stereocenters. The highest BCUT2D eigenvalue weighted by Crippen LogP contribution is 2.63. The Kier molecular flexibility index (Phi) is 2.80. The number of esters is 1. The van der Waals surface area contributed by atoms with E-state index < -0.39 is 5.82 Å².